The van der Waals surface area contributed by atoms with Crippen molar-refractivity contribution in [3.05, 3.63) is 24.3 Å². The van der Waals surface area contributed by atoms with Gasteiger partial charge in [0.05, 0.1) is 92.5 Å². The van der Waals surface area contributed by atoms with Crippen LogP contribution in [0.15, 0.2) is 24.3 Å². The van der Waals surface area contributed by atoms with E-state index < -0.39 is 0 Å². The van der Waals surface area contributed by atoms with Gasteiger partial charge in [-0.2, -0.15) is 0 Å². The van der Waals surface area contributed by atoms with Crippen LogP contribution in [0.5, 0.6) is 11.5 Å². The Morgan fingerprint density at radius 2 is 0.579 bits per heavy atom. The highest BCUT2D eigenvalue weighted by Crippen LogP contribution is 2.26. The minimum Gasteiger partial charge on any atom is -0.487 e. The van der Waals surface area contributed by atoms with E-state index in [1.54, 1.807) is 0 Å². The van der Waals surface area contributed by atoms with Crippen molar-refractivity contribution in [1.29, 1.82) is 0 Å². The molecular weight excluding hydrogens is 496 g/mol. The second kappa shape index (κ2) is 28.5. The van der Waals surface area contributed by atoms with Gasteiger partial charge in [-0.3, -0.25) is 0 Å². The third kappa shape index (κ3) is 22.5. The Morgan fingerprint density at radius 3 is 0.842 bits per heavy atom. The zero-order chi connectivity index (χ0) is 27.2. The summed E-state index contributed by atoms with van der Waals surface area (Å²) < 4.78 is 55.2. The summed E-state index contributed by atoms with van der Waals surface area (Å²) in [6.07, 6.45) is 2.05. The van der Waals surface area contributed by atoms with E-state index in [-0.39, 0.29) is 0 Å². The molecule has 1 rings (SSSR count). The van der Waals surface area contributed by atoms with Gasteiger partial charge in [0.2, 0.25) is 0 Å². The van der Waals surface area contributed by atoms with Gasteiger partial charge in [-0.15, -0.1) is 0 Å². The summed E-state index contributed by atoms with van der Waals surface area (Å²) in [5.74, 6) is 1.35. The fourth-order valence-corrected chi connectivity index (χ4v) is 2.92. The van der Waals surface area contributed by atoms with Gasteiger partial charge in [-0.1, -0.05) is 26.0 Å². The molecular formula is C28H50O10. The molecule has 0 atom stereocenters. The normalized spacial score (nSPS) is 11.2. The molecule has 0 heterocycles. The summed E-state index contributed by atoms with van der Waals surface area (Å²) in [6, 6.07) is 7.56. The molecule has 38 heavy (non-hydrogen) atoms. The molecule has 1 aromatic carbocycles. The van der Waals surface area contributed by atoms with Crippen LogP contribution in [0.2, 0.25) is 0 Å². The molecule has 0 spiro atoms. The van der Waals surface area contributed by atoms with E-state index in [9.17, 15) is 0 Å². The minimum absolute atomic E-state index is 0.421. The third-order valence-electron chi connectivity index (χ3n) is 4.75. The summed E-state index contributed by atoms with van der Waals surface area (Å²) in [4.78, 5) is 0. The van der Waals surface area contributed by atoms with Crippen molar-refractivity contribution in [3.63, 3.8) is 0 Å². The predicted octanol–water partition coefficient (Wildman–Crippen LogP) is 3.40. The minimum atomic E-state index is 0.421. The number of ether oxygens (including phenoxy) is 10. The van der Waals surface area contributed by atoms with Crippen molar-refractivity contribution >= 4 is 0 Å². The quantitative estimate of drug-likeness (QED) is 0.134. The van der Waals surface area contributed by atoms with E-state index in [4.69, 9.17) is 47.4 Å². The van der Waals surface area contributed by atoms with Crippen LogP contribution in [-0.2, 0) is 37.9 Å². The van der Waals surface area contributed by atoms with Gasteiger partial charge in [-0.25, -0.2) is 0 Å². The third-order valence-corrected chi connectivity index (χ3v) is 4.75. The monoisotopic (exact) mass is 546 g/mol. The highest BCUT2D eigenvalue weighted by Gasteiger charge is 2.04. The molecule has 0 fully saturated rings. The second-order valence-electron chi connectivity index (χ2n) is 8.04. The molecule has 0 aliphatic rings. The average Bonchev–Trinajstić information content (AvgIpc) is 2.94. The van der Waals surface area contributed by atoms with Crippen molar-refractivity contribution in [2.45, 2.75) is 26.7 Å². The molecule has 1 aromatic rings. The summed E-state index contributed by atoms with van der Waals surface area (Å²) in [6.45, 7) is 14.2. The van der Waals surface area contributed by atoms with Crippen LogP contribution in [0.3, 0.4) is 0 Å². The van der Waals surface area contributed by atoms with Crippen LogP contribution in [0, 0.1) is 0 Å². The molecule has 0 saturated heterocycles. The molecule has 0 bridgehead atoms. The fraction of sp³-hybridized carbons (Fsp3) is 0.786. The molecule has 0 aliphatic carbocycles. The molecule has 0 aromatic heterocycles. The zero-order valence-corrected chi connectivity index (χ0v) is 23.5. The van der Waals surface area contributed by atoms with Crippen molar-refractivity contribution in [1.82, 2.24) is 0 Å². The van der Waals surface area contributed by atoms with E-state index in [2.05, 4.69) is 13.8 Å². The van der Waals surface area contributed by atoms with Crippen LogP contribution in [-0.4, -0.2) is 119 Å². The zero-order valence-electron chi connectivity index (χ0n) is 23.5. The molecule has 10 nitrogen and oxygen atoms in total. The first-order valence-electron chi connectivity index (χ1n) is 13.8. The van der Waals surface area contributed by atoms with Crippen molar-refractivity contribution in [2.24, 2.45) is 0 Å². The Kier molecular flexibility index (Phi) is 25.9. The summed E-state index contributed by atoms with van der Waals surface area (Å²) >= 11 is 0. The predicted molar refractivity (Wildman–Crippen MR) is 145 cm³/mol. The van der Waals surface area contributed by atoms with Gasteiger partial charge >= 0.3 is 0 Å². The van der Waals surface area contributed by atoms with Gasteiger partial charge in [0.15, 0.2) is 11.5 Å². The van der Waals surface area contributed by atoms with Crippen LogP contribution >= 0.6 is 0 Å². The summed E-state index contributed by atoms with van der Waals surface area (Å²) in [7, 11) is 0. The van der Waals surface area contributed by atoms with Gasteiger partial charge in [0.25, 0.3) is 0 Å². The molecule has 0 radical (unpaired) electrons. The molecule has 0 saturated carbocycles. The lowest BCUT2D eigenvalue weighted by molar-refractivity contribution is -0.00533. The Morgan fingerprint density at radius 1 is 0.342 bits per heavy atom. The summed E-state index contributed by atoms with van der Waals surface area (Å²) in [5.41, 5.74) is 0. The molecule has 10 heteroatoms. The first-order valence-corrected chi connectivity index (χ1v) is 13.8. The summed E-state index contributed by atoms with van der Waals surface area (Å²) in [5, 5.41) is 0. The number of benzene rings is 1. The topological polar surface area (TPSA) is 92.3 Å². The Bertz CT molecular complexity index is 554. The fourth-order valence-electron chi connectivity index (χ4n) is 2.92. The van der Waals surface area contributed by atoms with Crippen LogP contribution < -0.4 is 9.47 Å². The maximum absolute atomic E-state index is 5.80. The highest BCUT2D eigenvalue weighted by molar-refractivity contribution is 5.39. The Labute approximate surface area is 229 Å². The number of rotatable bonds is 30. The maximum Gasteiger partial charge on any atom is 0.161 e. The SMILES string of the molecule is CCCOCCOCCOCCOCCOc1ccccc1OCCOCCOCCOCCOCCC. The van der Waals surface area contributed by atoms with E-state index >= 15 is 0 Å². The van der Waals surface area contributed by atoms with Crippen LogP contribution in [0.4, 0.5) is 0 Å². The van der Waals surface area contributed by atoms with E-state index in [0.717, 1.165) is 26.1 Å². The van der Waals surface area contributed by atoms with E-state index in [1.807, 2.05) is 24.3 Å². The molecule has 0 unspecified atom stereocenters. The van der Waals surface area contributed by atoms with E-state index in [0.29, 0.717) is 117 Å². The lowest BCUT2D eigenvalue weighted by Crippen LogP contribution is -2.14. The van der Waals surface area contributed by atoms with Crippen molar-refractivity contribution in [3.8, 4) is 11.5 Å². The number of hydrogen-bond acceptors (Lipinski definition) is 10. The largest absolute Gasteiger partial charge is 0.487 e. The maximum atomic E-state index is 5.80. The van der Waals surface area contributed by atoms with Gasteiger partial charge in [-0.05, 0) is 25.0 Å². The lowest BCUT2D eigenvalue weighted by Gasteiger charge is -2.13. The smallest absolute Gasteiger partial charge is 0.161 e. The first kappa shape index (κ1) is 34.5. The van der Waals surface area contributed by atoms with Gasteiger partial charge < -0.3 is 47.4 Å². The number of hydrogen-bond donors (Lipinski definition) is 0. The van der Waals surface area contributed by atoms with Crippen LogP contribution in [0.1, 0.15) is 26.7 Å². The van der Waals surface area contributed by atoms with E-state index in [1.165, 1.54) is 0 Å². The average molecular weight is 547 g/mol. The van der Waals surface area contributed by atoms with Gasteiger partial charge in [0, 0.05) is 13.2 Å². The highest BCUT2D eigenvalue weighted by atomic mass is 16.6. The van der Waals surface area contributed by atoms with Crippen molar-refractivity contribution < 1.29 is 47.4 Å². The molecule has 0 amide bonds. The Hall–Kier alpha value is -1.50. The first-order chi connectivity index (χ1) is 18.9. The number of para-hydroxylation sites is 2. The van der Waals surface area contributed by atoms with Crippen LogP contribution in [0.25, 0.3) is 0 Å². The second-order valence-corrected chi connectivity index (χ2v) is 8.04. The Balaban J connectivity index is 1.92. The van der Waals surface area contributed by atoms with Crippen molar-refractivity contribution in [2.75, 3.05) is 119 Å². The lowest BCUT2D eigenvalue weighted by atomic mass is 10.3. The molecule has 0 N–H and O–H groups in total. The standard InChI is InChI=1S/C28H50O10/c1-3-9-29-11-13-31-15-17-33-19-21-35-23-25-37-27-7-5-6-8-28(27)38-26-24-36-22-20-34-18-16-32-14-12-30-10-4-2/h5-8H,3-4,9-26H2,1-2H3. The molecule has 0 aliphatic heterocycles. The van der Waals surface area contributed by atoms with Gasteiger partial charge in [0.1, 0.15) is 13.2 Å². The molecule has 222 valence electrons.